The molecule has 1 aromatic heterocycles. The molecular formula is C28H29FN4O3S. The van der Waals surface area contributed by atoms with Gasteiger partial charge < -0.3 is 5.32 Å². The molecule has 0 saturated heterocycles. The lowest BCUT2D eigenvalue weighted by Crippen LogP contribution is -2.39. The Kier molecular flexibility index (Phi) is 8.15. The molecule has 7 nitrogen and oxygen atoms in total. The summed E-state index contributed by atoms with van der Waals surface area (Å²) < 4.78 is 42.9. The van der Waals surface area contributed by atoms with Crippen molar-refractivity contribution in [3.05, 3.63) is 96.8 Å². The van der Waals surface area contributed by atoms with Crippen molar-refractivity contribution in [2.24, 2.45) is 5.92 Å². The van der Waals surface area contributed by atoms with E-state index in [9.17, 15) is 17.6 Å². The molecule has 37 heavy (non-hydrogen) atoms. The fourth-order valence-electron chi connectivity index (χ4n) is 3.77. The zero-order valence-corrected chi connectivity index (χ0v) is 21.5. The zero-order chi connectivity index (χ0) is 26.4. The molecule has 0 aliphatic rings. The van der Waals surface area contributed by atoms with E-state index in [4.69, 9.17) is 0 Å². The van der Waals surface area contributed by atoms with Crippen LogP contribution in [0.2, 0.25) is 0 Å². The normalized spacial score (nSPS) is 11.7. The molecule has 0 unspecified atom stereocenters. The van der Waals surface area contributed by atoms with Crippen molar-refractivity contribution >= 4 is 21.7 Å². The average molecular weight is 521 g/mol. The number of aromatic nitrogens is 2. The molecule has 1 amide bonds. The van der Waals surface area contributed by atoms with Crippen molar-refractivity contribution in [2.75, 3.05) is 18.4 Å². The van der Waals surface area contributed by atoms with E-state index in [-0.39, 0.29) is 23.9 Å². The highest BCUT2D eigenvalue weighted by Crippen LogP contribution is 2.25. The Labute approximate surface area is 216 Å². The number of hydrogen-bond donors (Lipinski definition) is 1. The molecule has 0 radical (unpaired) electrons. The fourth-order valence-corrected chi connectivity index (χ4v) is 5.20. The van der Waals surface area contributed by atoms with Crippen molar-refractivity contribution in [2.45, 2.75) is 25.2 Å². The Morgan fingerprint density at radius 1 is 0.973 bits per heavy atom. The van der Waals surface area contributed by atoms with Crippen molar-refractivity contribution in [1.29, 1.82) is 0 Å². The standard InChI is InChI=1S/C28H29FN4O3S/c1-21(2)17-18-32(37(35,36)25-11-7-4-8-12-25)20-28(34)30-27-19-26(22-9-5-3-6-10-22)31-33(27)24-15-13-23(29)14-16-24/h3-16,19,21H,17-18,20H2,1-2H3,(H,30,34). The second-order valence-electron chi connectivity index (χ2n) is 9.05. The van der Waals surface area contributed by atoms with Crippen molar-refractivity contribution < 1.29 is 17.6 Å². The number of rotatable bonds is 10. The second-order valence-corrected chi connectivity index (χ2v) is 11.0. The van der Waals surface area contributed by atoms with Crippen LogP contribution in [0, 0.1) is 11.7 Å². The maximum absolute atomic E-state index is 13.5. The number of anilines is 1. The minimum atomic E-state index is -3.88. The summed E-state index contributed by atoms with van der Waals surface area (Å²) in [5, 5.41) is 7.43. The molecule has 4 rings (SSSR count). The monoisotopic (exact) mass is 520 g/mol. The second kappa shape index (κ2) is 11.5. The van der Waals surface area contributed by atoms with E-state index in [0.29, 0.717) is 23.6 Å². The van der Waals surface area contributed by atoms with Crippen LogP contribution in [-0.2, 0) is 14.8 Å². The number of halogens is 1. The van der Waals surface area contributed by atoms with E-state index in [1.54, 1.807) is 36.4 Å². The molecule has 0 fully saturated rings. The van der Waals surface area contributed by atoms with E-state index in [1.807, 2.05) is 44.2 Å². The summed E-state index contributed by atoms with van der Waals surface area (Å²) in [4.78, 5) is 13.3. The Hall–Kier alpha value is -3.82. The molecule has 1 heterocycles. The molecule has 0 bridgehead atoms. The van der Waals surface area contributed by atoms with E-state index >= 15 is 0 Å². The summed E-state index contributed by atoms with van der Waals surface area (Å²) in [7, 11) is -3.88. The van der Waals surface area contributed by atoms with Crippen molar-refractivity contribution in [3.63, 3.8) is 0 Å². The number of amides is 1. The summed E-state index contributed by atoms with van der Waals surface area (Å²) in [6.45, 7) is 3.84. The van der Waals surface area contributed by atoms with Gasteiger partial charge in [-0.2, -0.15) is 9.40 Å². The van der Waals surface area contributed by atoms with Gasteiger partial charge in [-0.1, -0.05) is 62.4 Å². The van der Waals surface area contributed by atoms with Gasteiger partial charge in [-0.15, -0.1) is 0 Å². The van der Waals surface area contributed by atoms with Crippen LogP contribution in [0.25, 0.3) is 16.9 Å². The predicted octanol–water partition coefficient (Wildman–Crippen LogP) is 5.35. The molecule has 0 atom stereocenters. The number of nitrogens with one attached hydrogen (secondary N) is 1. The van der Waals surface area contributed by atoms with Crippen LogP contribution in [0.4, 0.5) is 10.2 Å². The molecule has 0 aliphatic carbocycles. The van der Waals surface area contributed by atoms with Crippen LogP contribution in [0.3, 0.4) is 0 Å². The van der Waals surface area contributed by atoms with Crippen LogP contribution in [0.5, 0.6) is 0 Å². The summed E-state index contributed by atoms with van der Waals surface area (Å²) in [5.74, 6) is -0.302. The van der Waals surface area contributed by atoms with Gasteiger partial charge in [-0.05, 0) is 48.7 Å². The summed E-state index contributed by atoms with van der Waals surface area (Å²) in [6.07, 6.45) is 0.602. The van der Waals surface area contributed by atoms with Gasteiger partial charge >= 0.3 is 0 Å². The van der Waals surface area contributed by atoms with E-state index in [1.165, 1.54) is 33.3 Å². The maximum Gasteiger partial charge on any atom is 0.243 e. The molecule has 3 aromatic carbocycles. The minimum Gasteiger partial charge on any atom is -0.309 e. The number of carbonyl (C=O) groups is 1. The van der Waals surface area contributed by atoms with Crippen LogP contribution in [0.1, 0.15) is 20.3 Å². The molecule has 4 aromatic rings. The number of nitrogens with zero attached hydrogens (tertiary/aromatic N) is 3. The maximum atomic E-state index is 13.5. The molecule has 1 N–H and O–H groups in total. The van der Waals surface area contributed by atoms with Crippen molar-refractivity contribution in [3.8, 4) is 16.9 Å². The fraction of sp³-hybridized carbons (Fsp3) is 0.214. The lowest BCUT2D eigenvalue weighted by molar-refractivity contribution is -0.116. The Morgan fingerprint density at radius 3 is 2.22 bits per heavy atom. The lowest BCUT2D eigenvalue weighted by atomic mass is 10.1. The van der Waals surface area contributed by atoms with Gasteiger partial charge in [0.25, 0.3) is 0 Å². The topological polar surface area (TPSA) is 84.3 Å². The first-order valence-corrected chi connectivity index (χ1v) is 13.4. The Morgan fingerprint density at radius 2 is 1.59 bits per heavy atom. The molecule has 192 valence electrons. The van der Waals surface area contributed by atoms with Gasteiger partial charge in [0, 0.05) is 18.2 Å². The van der Waals surface area contributed by atoms with Gasteiger partial charge in [0.1, 0.15) is 11.6 Å². The molecule has 9 heteroatoms. The summed E-state index contributed by atoms with van der Waals surface area (Å²) in [6, 6.07) is 25.0. The summed E-state index contributed by atoms with van der Waals surface area (Å²) in [5.41, 5.74) is 1.99. The highest BCUT2D eigenvalue weighted by Gasteiger charge is 2.27. The van der Waals surface area contributed by atoms with Gasteiger partial charge in [-0.25, -0.2) is 17.5 Å². The SMILES string of the molecule is CC(C)CCN(CC(=O)Nc1cc(-c2ccccc2)nn1-c1ccc(F)cc1)S(=O)(=O)c1ccccc1. The van der Waals surface area contributed by atoms with Crippen LogP contribution in [-0.4, -0.2) is 41.5 Å². The number of hydrogen-bond acceptors (Lipinski definition) is 4. The first-order valence-electron chi connectivity index (χ1n) is 12.0. The van der Waals surface area contributed by atoms with Gasteiger partial charge in [0.15, 0.2) is 0 Å². The summed E-state index contributed by atoms with van der Waals surface area (Å²) >= 11 is 0. The number of sulfonamides is 1. The zero-order valence-electron chi connectivity index (χ0n) is 20.7. The first-order chi connectivity index (χ1) is 17.7. The third-order valence-corrected chi connectivity index (χ3v) is 7.63. The van der Waals surface area contributed by atoms with E-state index < -0.39 is 21.7 Å². The van der Waals surface area contributed by atoms with Crippen molar-refractivity contribution in [1.82, 2.24) is 14.1 Å². The van der Waals surface area contributed by atoms with E-state index in [0.717, 1.165) is 5.56 Å². The third-order valence-electron chi connectivity index (χ3n) is 5.77. The van der Waals surface area contributed by atoms with Gasteiger partial charge in [0.2, 0.25) is 15.9 Å². The quantitative estimate of drug-likeness (QED) is 0.305. The lowest BCUT2D eigenvalue weighted by Gasteiger charge is -2.22. The number of carbonyl (C=O) groups excluding carboxylic acids is 1. The first kappa shape index (κ1) is 26.2. The molecule has 0 saturated carbocycles. The smallest absolute Gasteiger partial charge is 0.243 e. The van der Waals surface area contributed by atoms with Crippen LogP contribution < -0.4 is 5.32 Å². The van der Waals surface area contributed by atoms with Crippen LogP contribution >= 0.6 is 0 Å². The van der Waals surface area contributed by atoms with Gasteiger partial charge in [-0.3, -0.25) is 4.79 Å². The largest absolute Gasteiger partial charge is 0.309 e. The van der Waals surface area contributed by atoms with E-state index in [2.05, 4.69) is 10.4 Å². The molecule has 0 aliphatic heterocycles. The van der Waals surface area contributed by atoms with Crippen LogP contribution in [0.15, 0.2) is 95.9 Å². The number of benzene rings is 3. The predicted molar refractivity (Wildman–Crippen MR) is 142 cm³/mol. The average Bonchev–Trinajstić information content (AvgIpc) is 3.31. The Balaban J connectivity index is 1.63. The minimum absolute atomic E-state index is 0.134. The Bertz CT molecular complexity index is 1440. The molecular weight excluding hydrogens is 491 g/mol. The van der Waals surface area contributed by atoms with Gasteiger partial charge in [0.05, 0.1) is 22.8 Å². The molecule has 0 spiro atoms. The highest BCUT2D eigenvalue weighted by atomic mass is 32.2. The highest BCUT2D eigenvalue weighted by molar-refractivity contribution is 7.89. The third kappa shape index (κ3) is 6.49.